The normalized spacial score (nSPS) is 11.4. The van der Waals surface area contributed by atoms with Gasteiger partial charge in [0.25, 0.3) is 0 Å². The van der Waals surface area contributed by atoms with E-state index in [4.69, 9.17) is 0 Å². The first-order chi connectivity index (χ1) is 8.54. The van der Waals surface area contributed by atoms with E-state index in [2.05, 4.69) is 39.7 Å². The fraction of sp³-hybridized carbons (Fsp3) is 0.750. The van der Waals surface area contributed by atoms with Crippen molar-refractivity contribution < 1.29 is 0 Å². The molecule has 0 bridgehead atoms. The number of aromatic nitrogens is 3. The molecule has 2 N–H and O–H groups in total. The van der Waals surface area contributed by atoms with Crippen molar-refractivity contribution in [2.24, 2.45) is 18.0 Å². The lowest BCUT2D eigenvalue weighted by Crippen LogP contribution is -2.38. The number of rotatable bonds is 5. The van der Waals surface area contributed by atoms with Crippen LogP contribution in [0.3, 0.4) is 0 Å². The Morgan fingerprint density at radius 1 is 1.32 bits per heavy atom. The van der Waals surface area contributed by atoms with Crippen molar-refractivity contribution in [1.29, 1.82) is 0 Å². The lowest BCUT2D eigenvalue weighted by molar-refractivity contribution is 0.572. The number of halogens is 1. The SMILES string of the molecule is CN=C(NCCC(C)C)NCc1nnc(C)n1C.I. The van der Waals surface area contributed by atoms with E-state index < -0.39 is 0 Å². The Kier molecular flexibility index (Phi) is 8.70. The molecule has 0 atom stereocenters. The van der Waals surface area contributed by atoms with Gasteiger partial charge in [0.15, 0.2) is 11.8 Å². The minimum absolute atomic E-state index is 0. The Labute approximate surface area is 132 Å². The Bertz CT molecular complexity index is 399. The van der Waals surface area contributed by atoms with Crippen LogP contribution in [0.4, 0.5) is 0 Å². The molecule has 0 amide bonds. The van der Waals surface area contributed by atoms with Crippen molar-refractivity contribution in [1.82, 2.24) is 25.4 Å². The molecular weight excluding hydrogens is 355 g/mol. The van der Waals surface area contributed by atoms with E-state index in [0.29, 0.717) is 12.5 Å². The van der Waals surface area contributed by atoms with E-state index >= 15 is 0 Å². The van der Waals surface area contributed by atoms with Crippen molar-refractivity contribution >= 4 is 29.9 Å². The van der Waals surface area contributed by atoms with Crippen LogP contribution in [0.5, 0.6) is 0 Å². The molecule has 0 aliphatic carbocycles. The molecule has 0 aromatic carbocycles. The zero-order valence-electron chi connectivity index (χ0n) is 12.4. The summed E-state index contributed by atoms with van der Waals surface area (Å²) in [6.45, 7) is 7.90. The van der Waals surface area contributed by atoms with Crippen molar-refractivity contribution in [3.63, 3.8) is 0 Å². The Balaban J connectivity index is 0.00000324. The fourth-order valence-electron chi connectivity index (χ4n) is 1.47. The summed E-state index contributed by atoms with van der Waals surface area (Å²) < 4.78 is 1.97. The number of hydrogen-bond donors (Lipinski definition) is 2. The molecular formula is C12H25IN6. The second kappa shape index (κ2) is 9.11. The molecule has 0 fully saturated rings. The third-order valence-corrected chi connectivity index (χ3v) is 2.83. The van der Waals surface area contributed by atoms with E-state index in [1.165, 1.54) is 0 Å². The summed E-state index contributed by atoms with van der Waals surface area (Å²) in [5, 5.41) is 14.6. The topological polar surface area (TPSA) is 67.1 Å². The molecule has 0 aliphatic rings. The lowest BCUT2D eigenvalue weighted by Gasteiger charge is -2.12. The van der Waals surface area contributed by atoms with Crippen LogP contribution >= 0.6 is 24.0 Å². The molecule has 0 unspecified atom stereocenters. The van der Waals surface area contributed by atoms with Crippen LogP contribution in [0.25, 0.3) is 0 Å². The lowest BCUT2D eigenvalue weighted by atomic mass is 10.1. The van der Waals surface area contributed by atoms with Gasteiger partial charge in [-0.3, -0.25) is 4.99 Å². The van der Waals surface area contributed by atoms with Gasteiger partial charge < -0.3 is 15.2 Å². The van der Waals surface area contributed by atoms with E-state index in [9.17, 15) is 0 Å². The van der Waals surface area contributed by atoms with Gasteiger partial charge in [-0.05, 0) is 19.3 Å². The smallest absolute Gasteiger partial charge is 0.191 e. The average molecular weight is 380 g/mol. The molecule has 0 radical (unpaired) electrons. The minimum Gasteiger partial charge on any atom is -0.356 e. The predicted octanol–water partition coefficient (Wildman–Crippen LogP) is 1.45. The van der Waals surface area contributed by atoms with Crippen LogP contribution < -0.4 is 10.6 Å². The third kappa shape index (κ3) is 6.22. The van der Waals surface area contributed by atoms with E-state index in [1.807, 2.05) is 18.5 Å². The summed E-state index contributed by atoms with van der Waals surface area (Å²) in [6, 6.07) is 0. The minimum atomic E-state index is 0. The van der Waals surface area contributed by atoms with Gasteiger partial charge >= 0.3 is 0 Å². The Morgan fingerprint density at radius 2 is 2.00 bits per heavy atom. The zero-order chi connectivity index (χ0) is 13.5. The summed E-state index contributed by atoms with van der Waals surface area (Å²) in [5.41, 5.74) is 0. The third-order valence-electron chi connectivity index (χ3n) is 2.83. The largest absolute Gasteiger partial charge is 0.356 e. The number of aliphatic imine (C=N–C) groups is 1. The second-order valence-electron chi connectivity index (χ2n) is 4.76. The van der Waals surface area contributed by atoms with Crippen LogP contribution in [-0.2, 0) is 13.6 Å². The zero-order valence-corrected chi connectivity index (χ0v) is 14.7. The highest BCUT2D eigenvalue weighted by atomic mass is 127. The highest BCUT2D eigenvalue weighted by Crippen LogP contribution is 1.97. The van der Waals surface area contributed by atoms with Crippen molar-refractivity contribution in [3.05, 3.63) is 11.6 Å². The van der Waals surface area contributed by atoms with E-state index in [0.717, 1.165) is 30.6 Å². The van der Waals surface area contributed by atoms with Crippen LogP contribution in [-0.4, -0.2) is 34.3 Å². The molecule has 1 aromatic rings. The monoisotopic (exact) mass is 380 g/mol. The van der Waals surface area contributed by atoms with Gasteiger partial charge in [-0.15, -0.1) is 34.2 Å². The molecule has 0 spiro atoms. The number of nitrogens with zero attached hydrogens (tertiary/aromatic N) is 4. The second-order valence-corrected chi connectivity index (χ2v) is 4.76. The van der Waals surface area contributed by atoms with Crippen LogP contribution in [0.15, 0.2) is 4.99 Å². The van der Waals surface area contributed by atoms with Crippen molar-refractivity contribution in [2.75, 3.05) is 13.6 Å². The molecule has 1 rings (SSSR count). The van der Waals surface area contributed by atoms with Gasteiger partial charge in [-0.25, -0.2) is 0 Å². The van der Waals surface area contributed by atoms with Crippen LogP contribution in [0.2, 0.25) is 0 Å². The first-order valence-electron chi connectivity index (χ1n) is 6.34. The highest BCUT2D eigenvalue weighted by Gasteiger charge is 2.05. The van der Waals surface area contributed by atoms with E-state index in [1.54, 1.807) is 7.05 Å². The van der Waals surface area contributed by atoms with Gasteiger partial charge in [-0.1, -0.05) is 13.8 Å². The molecule has 19 heavy (non-hydrogen) atoms. The van der Waals surface area contributed by atoms with Gasteiger partial charge in [-0.2, -0.15) is 0 Å². The summed E-state index contributed by atoms with van der Waals surface area (Å²) >= 11 is 0. The molecule has 6 nitrogen and oxygen atoms in total. The summed E-state index contributed by atoms with van der Waals surface area (Å²) in [5.74, 6) is 3.31. The summed E-state index contributed by atoms with van der Waals surface area (Å²) in [4.78, 5) is 4.17. The maximum atomic E-state index is 4.17. The van der Waals surface area contributed by atoms with Crippen LogP contribution in [0, 0.1) is 12.8 Å². The molecule has 0 saturated heterocycles. The number of nitrogens with one attached hydrogen (secondary N) is 2. The fourth-order valence-corrected chi connectivity index (χ4v) is 1.47. The summed E-state index contributed by atoms with van der Waals surface area (Å²) in [7, 11) is 3.73. The quantitative estimate of drug-likeness (QED) is 0.461. The number of hydrogen-bond acceptors (Lipinski definition) is 3. The van der Waals surface area contributed by atoms with Gasteiger partial charge in [0.05, 0.1) is 6.54 Å². The maximum absolute atomic E-state index is 4.17. The standard InChI is InChI=1S/C12H24N6.HI/c1-9(2)6-7-14-12(13-4)15-8-11-17-16-10(3)18(11)5;/h9H,6-8H2,1-5H3,(H2,13,14,15);1H. The molecule has 0 aliphatic heterocycles. The summed E-state index contributed by atoms with van der Waals surface area (Å²) in [6.07, 6.45) is 1.13. The van der Waals surface area contributed by atoms with E-state index in [-0.39, 0.29) is 24.0 Å². The Morgan fingerprint density at radius 3 is 2.47 bits per heavy atom. The predicted molar refractivity (Wildman–Crippen MR) is 88.8 cm³/mol. The molecule has 1 aromatic heterocycles. The molecule has 110 valence electrons. The van der Waals surface area contributed by atoms with Gasteiger partial charge in [0.1, 0.15) is 5.82 Å². The van der Waals surface area contributed by atoms with Crippen LogP contribution in [0.1, 0.15) is 31.9 Å². The van der Waals surface area contributed by atoms with Crippen molar-refractivity contribution in [3.8, 4) is 0 Å². The number of aryl methyl sites for hydroxylation is 1. The molecule has 0 saturated carbocycles. The molecule has 7 heteroatoms. The Hall–Kier alpha value is -0.860. The van der Waals surface area contributed by atoms with Gasteiger partial charge in [0.2, 0.25) is 0 Å². The van der Waals surface area contributed by atoms with Gasteiger partial charge in [0, 0.05) is 20.6 Å². The maximum Gasteiger partial charge on any atom is 0.191 e. The first-order valence-corrected chi connectivity index (χ1v) is 6.34. The first kappa shape index (κ1) is 18.1. The average Bonchev–Trinajstić information content (AvgIpc) is 2.64. The number of guanidine groups is 1. The van der Waals surface area contributed by atoms with Crippen molar-refractivity contribution in [2.45, 2.75) is 33.7 Å². The molecule has 1 heterocycles. The highest BCUT2D eigenvalue weighted by molar-refractivity contribution is 14.0.